The van der Waals surface area contributed by atoms with Gasteiger partial charge in [-0.1, -0.05) is 0 Å². The van der Waals surface area contributed by atoms with Crippen molar-refractivity contribution in [3.8, 4) is 0 Å². The second-order valence-corrected chi connectivity index (χ2v) is 1.91. The summed E-state index contributed by atoms with van der Waals surface area (Å²) in [5.41, 5.74) is 0. The van der Waals surface area contributed by atoms with E-state index in [0.29, 0.717) is 5.75 Å². The van der Waals surface area contributed by atoms with Gasteiger partial charge in [-0.3, -0.25) is 4.79 Å². The lowest BCUT2D eigenvalue weighted by atomic mass is 10.3. The summed E-state index contributed by atoms with van der Waals surface area (Å²) in [6, 6.07) is -0.279. The van der Waals surface area contributed by atoms with Crippen LogP contribution in [0.15, 0.2) is 0 Å². The Hall–Kier alpha value is 0.0700. The van der Waals surface area contributed by atoms with Crippen molar-refractivity contribution in [1.82, 2.24) is 5.32 Å². The van der Waals surface area contributed by atoms with Gasteiger partial charge in [-0.15, -0.1) is 12.4 Å². The van der Waals surface area contributed by atoms with Crippen molar-refractivity contribution >= 4 is 31.0 Å². The Labute approximate surface area is 72.3 Å². The van der Waals surface area contributed by atoms with Gasteiger partial charge in [0.2, 0.25) is 0 Å². The molecule has 10 heavy (non-hydrogen) atoms. The zero-order valence-corrected chi connectivity index (χ0v) is 7.67. The number of carbonyl (C=O) groups is 1. The smallest absolute Gasteiger partial charge is 0.323 e. The van der Waals surface area contributed by atoms with E-state index in [1.54, 1.807) is 7.05 Å². The molecule has 0 amide bonds. The van der Waals surface area contributed by atoms with E-state index in [2.05, 4.69) is 22.7 Å². The highest BCUT2D eigenvalue weighted by atomic mass is 35.5. The predicted octanol–water partition coefficient (Wildman–Crippen LogP) is 0.0990. The van der Waals surface area contributed by atoms with Crippen LogP contribution in [0.4, 0.5) is 0 Å². The lowest BCUT2D eigenvalue weighted by Gasteiger charge is -2.08. The predicted molar refractivity (Wildman–Crippen MR) is 46.0 cm³/mol. The van der Waals surface area contributed by atoms with Crippen molar-refractivity contribution in [3.63, 3.8) is 0 Å². The molecule has 0 aliphatic heterocycles. The normalized spacial score (nSPS) is 11.5. The van der Waals surface area contributed by atoms with Crippen LogP contribution in [0.2, 0.25) is 0 Å². The Bertz CT molecular complexity index is 97.6. The average Bonchev–Trinajstić information content (AvgIpc) is 1.90. The van der Waals surface area contributed by atoms with Crippen LogP contribution in [0.5, 0.6) is 0 Å². The van der Waals surface area contributed by atoms with Crippen molar-refractivity contribution in [2.75, 3.05) is 19.9 Å². The second-order valence-electron chi connectivity index (χ2n) is 1.55. The number of rotatable bonds is 3. The summed E-state index contributed by atoms with van der Waals surface area (Å²) in [5.74, 6) is 0.191. The van der Waals surface area contributed by atoms with Gasteiger partial charge in [0, 0.05) is 5.75 Å². The number of nitrogens with one attached hydrogen (secondary N) is 1. The summed E-state index contributed by atoms with van der Waals surface area (Å²) in [5, 5.41) is 2.75. The van der Waals surface area contributed by atoms with Gasteiger partial charge in [0.25, 0.3) is 0 Å². The van der Waals surface area contributed by atoms with Crippen LogP contribution in [0.25, 0.3) is 0 Å². The number of thiol groups is 1. The van der Waals surface area contributed by atoms with Crippen LogP contribution in [0, 0.1) is 0 Å². The number of carbonyl (C=O) groups excluding carboxylic acids is 1. The maximum atomic E-state index is 10.6. The van der Waals surface area contributed by atoms with Crippen molar-refractivity contribution in [2.24, 2.45) is 0 Å². The number of methoxy groups -OCH3 is 1. The summed E-state index contributed by atoms with van der Waals surface area (Å²) in [6.45, 7) is 0. The molecule has 0 saturated carbocycles. The molecule has 0 aromatic rings. The lowest BCUT2D eigenvalue weighted by molar-refractivity contribution is -0.142. The minimum atomic E-state index is -0.279. The van der Waals surface area contributed by atoms with Gasteiger partial charge in [-0.25, -0.2) is 0 Å². The van der Waals surface area contributed by atoms with Gasteiger partial charge in [0.05, 0.1) is 7.11 Å². The van der Waals surface area contributed by atoms with Crippen molar-refractivity contribution < 1.29 is 9.53 Å². The maximum Gasteiger partial charge on any atom is 0.323 e. The third-order valence-electron chi connectivity index (χ3n) is 1.02. The molecule has 0 heterocycles. The number of hydrogen-bond acceptors (Lipinski definition) is 4. The maximum absolute atomic E-state index is 10.6. The lowest BCUT2D eigenvalue weighted by Crippen LogP contribution is -2.36. The molecule has 0 spiro atoms. The highest BCUT2D eigenvalue weighted by Gasteiger charge is 2.13. The number of esters is 1. The Morgan fingerprint density at radius 2 is 2.30 bits per heavy atom. The van der Waals surface area contributed by atoms with E-state index in [9.17, 15) is 4.79 Å². The minimum absolute atomic E-state index is 0. The fourth-order valence-electron chi connectivity index (χ4n) is 0.426. The highest BCUT2D eigenvalue weighted by molar-refractivity contribution is 7.80. The molecule has 0 aliphatic carbocycles. The number of halogens is 1. The second kappa shape index (κ2) is 7.18. The number of hydrogen-bond donors (Lipinski definition) is 2. The first-order chi connectivity index (χ1) is 4.26. The largest absolute Gasteiger partial charge is 0.468 e. The first kappa shape index (κ1) is 12.7. The van der Waals surface area contributed by atoms with Crippen LogP contribution < -0.4 is 5.32 Å². The molecule has 62 valence electrons. The van der Waals surface area contributed by atoms with Crippen LogP contribution in [-0.2, 0) is 9.53 Å². The third-order valence-corrected chi connectivity index (χ3v) is 1.38. The summed E-state index contributed by atoms with van der Waals surface area (Å²) in [6.07, 6.45) is 0. The van der Waals surface area contributed by atoms with Gasteiger partial charge in [-0.05, 0) is 7.05 Å². The van der Waals surface area contributed by atoms with Crippen LogP contribution in [0.1, 0.15) is 0 Å². The first-order valence-corrected chi connectivity index (χ1v) is 3.25. The molecule has 1 unspecified atom stereocenters. The quantitative estimate of drug-likeness (QED) is 0.484. The van der Waals surface area contributed by atoms with Gasteiger partial charge in [0.1, 0.15) is 6.04 Å². The topological polar surface area (TPSA) is 38.3 Å². The average molecular weight is 186 g/mol. The Morgan fingerprint density at radius 1 is 1.80 bits per heavy atom. The molecule has 5 heteroatoms. The standard InChI is InChI=1S/C5H11NO2S.ClH/c1-6-4(3-9)5(7)8-2;/h4,6,9H,3H2,1-2H3;1H. The Balaban J connectivity index is 0. The van der Waals surface area contributed by atoms with E-state index in [1.807, 2.05) is 0 Å². The third kappa shape index (κ3) is 3.98. The van der Waals surface area contributed by atoms with E-state index >= 15 is 0 Å². The molecule has 0 fully saturated rings. The molecule has 1 atom stereocenters. The molecule has 0 aromatic carbocycles. The van der Waals surface area contributed by atoms with Gasteiger partial charge >= 0.3 is 5.97 Å². The van der Waals surface area contributed by atoms with Crippen LogP contribution in [0.3, 0.4) is 0 Å². The molecule has 0 bridgehead atoms. The minimum Gasteiger partial charge on any atom is -0.468 e. The summed E-state index contributed by atoms with van der Waals surface area (Å²) >= 11 is 3.93. The molecular formula is C5H12ClNO2S. The molecule has 0 aliphatic rings. The van der Waals surface area contributed by atoms with Crippen molar-refractivity contribution in [1.29, 1.82) is 0 Å². The van der Waals surface area contributed by atoms with Crippen LogP contribution in [-0.4, -0.2) is 31.9 Å². The van der Waals surface area contributed by atoms with E-state index in [0.717, 1.165) is 0 Å². The molecule has 1 N–H and O–H groups in total. The summed E-state index contributed by atoms with van der Waals surface area (Å²) < 4.78 is 4.44. The van der Waals surface area contributed by atoms with E-state index in [-0.39, 0.29) is 24.4 Å². The van der Waals surface area contributed by atoms with Crippen LogP contribution >= 0.6 is 25.0 Å². The molecular weight excluding hydrogens is 174 g/mol. The highest BCUT2D eigenvalue weighted by Crippen LogP contribution is 1.88. The van der Waals surface area contributed by atoms with Crippen molar-refractivity contribution in [2.45, 2.75) is 6.04 Å². The van der Waals surface area contributed by atoms with Gasteiger partial charge < -0.3 is 10.1 Å². The first-order valence-electron chi connectivity index (χ1n) is 2.62. The fraction of sp³-hybridized carbons (Fsp3) is 0.800. The van der Waals surface area contributed by atoms with E-state index in [1.165, 1.54) is 7.11 Å². The molecule has 0 saturated heterocycles. The van der Waals surface area contributed by atoms with E-state index < -0.39 is 0 Å². The molecule has 3 nitrogen and oxygen atoms in total. The Morgan fingerprint density at radius 3 is 2.40 bits per heavy atom. The van der Waals surface area contributed by atoms with E-state index in [4.69, 9.17) is 0 Å². The van der Waals surface area contributed by atoms with Gasteiger partial charge in [0.15, 0.2) is 0 Å². The SMILES string of the molecule is CNC(CS)C(=O)OC.Cl. The Kier molecular flexibility index (Phi) is 9.13. The zero-order valence-electron chi connectivity index (χ0n) is 5.96. The number of ether oxygens (including phenoxy) is 1. The molecule has 0 rings (SSSR count). The summed E-state index contributed by atoms with van der Waals surface area (Å²) in [7, 11) is 3.05. The number of likely N-dealkylation sites (N-methyl/N-ethyl adjacent to an activating group) is 1. The van der Waals surface area contributed by atoms with Crippen molar-refractivity contribution in [3.05, 3.63) is 0 Å². The zero-order chi connectivity index (χ0) is 7.28. The molecule has 0 radical (unpaired) electrons. The molecule has 0 aromatic heterocycles. The summed E-state index contributed by atoms with van der Waals surface area (Å²) in [4.78, 5) is 10.6. The monoisotopic (exact) mass is 185 g/mol. The van der Waals surface area contributed by atoms with Gasteiger partial charge in [-0.2, -0.15) is 12.6 Å². The fourth-order valence-corrected chi connectivity index (χ4v) is 0.758.